The first kappa shape index (κ1) is 23.0. The fourth-order valence-electron chi connectivity index (χ4n) is 3.67. The summed E-state index contributed by atoms with van der Waals surface area (Å²) in [5.41, 5.74) is 1.06. The Morgan fingerprint density at radius 1 is 0.931 bits per heavy atom. The van der Waals surface area contributed by atoms with Crippen molar-refractivity contribution in [3.8, 4) is 5.75 Å². The fraction of sp³-hybridized carbons (Fsp3) is 0.480. The summed E-state index contributed by atoms with van der Waals surface area (Å²) in [4.78, 5) is 13.2. The molecule has 0 saturated carbocycles. The Balaban J connectivity index is 2.06. The summed E-state index contributed by atoms with van der Waals surface area (Å²) in [7, 11) is 0. The number of nitrogens with one attached hydrogen (secondary N) is 1. The van der Waals surface area contributed by atoms with E-state index in [4.69, 9.17) is 9.47 Å². The van der Waals surface area contributed by atoms with Crippen LogP contribution in [-0.2, 0) is 16.1 Å². The van der Waals surface area contributed by atoms with Gasteiger partial charge in [0.15, 0.2) is 0 Å². The van der Waals surface area contributed by atoms with Crippen LogP contribution < -0.4 is 10.1 Å². The molecule has 0 aromatic heterocycles. The number of amides is 1. The molecule has 0 aliphatic carbocycles. The summed E-state index contributed by atoms with van der Waals surface area (Å²) in [5, 5.41) is 3.06. The minimum absolute atomic E-state index is 0.0697. The van der Waals surface area contributed by atoms with Gasteiger partial charge in [0.1, 0.15) is 18.0 Å². The third kappa shape index (κ3) is 7.21. The van der Waals surface area contributed by atoms with Gasteiger partial charge in [-0.3, -0.25) is 4.79 Å². The number of carbonyl (C=O) groups excluding carboxylic acids is 1. The van der Waals surface area contributed by atoms with Crippen LogP contribution >= 0.6 is 0 Å². The van der Waals surface area contributed by atoms with Crippen molar-refractivity contribution in [2.45, 2.75) is 59.7 Å². The quantitative estimate of drug-likeness (QED) is 0.500. The Bertz CT molecular complexity index is 728. The standard InChI is InChI=1S/C25H35NO3/c1-6-29-25(16-19(2)3,17-20(4)5)24(27)26-22-12-14-23(15-13-22)28-18-21-10-8-7-9-11-21/h7-15,19-20H,6,16-18H2,1-5H3,(H,26,27). The van der Waals surface area contributed by atoms with Crippen molar-refractivity contribution >= 4 is 11.6 Å². The van der Waals surface area contributed by atoms with Crippen LogP contribution in [0.5, 0.6) is 5.75 Å². The molecular formula is C25H35NO3. The van der Waals surface area contributed by atoms with Crippen molar-refractivity contribution in [2.75, 3.05) is 11.9 Å². The lowest BCUT2D eigenvalue weighted by Crippen LogP contribution is -2.47. The molecule has 0 atom stereocenters. The minimum Gasteiger partial charge on any atom is -0.489 e. The van der Waals surface area contributed by atoms with Gasteiger partial charge in [-0.05, 0) is 61.4 Å². The smallest absolute Gasteiger partial charge is 0.256 e. The zero-order valence-corrected chi connectivity index (χ0v) is 18.4. The third-order valence-electron chi connectivity index (χ3n) is 4.67. The topological polar surface area (TPSA) is 47.6 Å². The molecule has 0 unspecified atom stereocenters. The number of benzene rings is 2. The second-order valence-corrected chi connectivity index (χ2v) is 8.38. The van der Waals surface area contributed by atoms with E-state index in [0.29, 0.717) is 37.9 Å². The van der Waals surface area contributed by atoms with Gasteiger partial charge in [0.05, 0.1) is 0 Å². The Morgan fingerprint density at radius 3 is 2.03 bits per heavy atom. The van der Waals surface area contributed by atoms with E-state index in [1.807, 2.05) is 61.5 Å². The van der Waals surface area contributed by atoms with E-state index in [1.165, 1.54) is 0 Å². The second kappa shape index (κ2) is 11.0. The maximum absolute atomic E-state index is 13.2. The van der Waals surface area contributed by atoms with Gasteiger partial charge < -0.3 is 14.8 Å². The lowest BCUT2D eigenvalue weighted by atomic mass is 9.83. The highest BCUT2D eigenvalue weighted by Gasteiger charge is 2.40. The number of rotatable bonds is 11. The maximum atomic E-state index is 13.2. The number of anilines is 1. The molecular weight excluding hydrogens is 362 g/mol. The van der Waals surface area contributed by atoms with E-state index in [-0.39, 0.29) is 5.91 Å². The molecule has 1 amide bonds. The van der Waals surface area contributed by atoms with Gasteiger partial charge in [-0.2, -0.15) is 0 Å². The summed E-state index contributed by atoms with van der Waals surface area (Å²) in [6, 6.07) is 17.6. The average Bonchev–Trinajstić information content (AvgIpc) is 2.67. The summed E-state index contributed by atoms with van der Waals surface area (Å²) in [6.07, 6.45) is 1.40. The summed E-state index contributed by atoms with van der Waals surface area (Å²) in [5.74, 6) is 1.42. The van der Waals surface area contributed by atoms with Crippen LogP contribution in [0.3, 0.4) is 0 Å². The number of carbonyl (C=O) groups is 1. The highest BCUT2D eigenvalue weighted by atomic mass is 16.5. The maximum Gasteiger partial charge on any atom is 0.256 e. The Labute approximate surface area is 175 Å². The molecule has 2 rings (SSSR count). The molecule has 0 fully saturated rings. The molecule has 1 N–H and O–H groups in total. The van der Waals surface area contributed by atoms with Crippen molar-refractivity contribution in [1.82, 2.24) is 0 Å². The van der Waals surface area contributed by atoms with Gasteiger partial charge in [-0.25, -0.2) is 0 Å². The molecule has 0 aliphatic rings. The molecule has 0 heterocycles. The lowest BCUT2D eigenvalue weighted by molar-refractivity contribution is -0.146. The van der Waals surface area contributed by atoms with E-state index in [9.17, 15) is 4.79 Å². The van der Waals surface area contributed by atoms with Gasteiger partial charge in [0.25, 0.3) is 5.91 Å². The monoisotopic (exact) mass is 397 g/mol. The van der Waals surface area contributed by atoms with Gasteiger partial charge in [0.2, 0.25) is 0 Å². The normalized spacial score (nSPS) is 11.7. The van der Waals surface area contributed by atoms with E-state index in [1.54, 1.807) is 0 Å². The summed E-state index contributed by atoms with van der Waals surface area (Å²) in [6.45, 7) is 11.5. The van der Waals surface area contributed by atoms with E-state index >= 15 is 0 Å². The molecule has 158 valence electrons. The van der Waals surface area contributed by atoms with Gasteiger partial charge in [-0.15, -0.1) is 0 Å². The van der Waals surface area contributed by atoms with Crippen LogP contribution in [-0.4, -0.2) is 18.1 Å². The van der Waals surface area contributed by atoms with Crippen molar-refractivity contribution < 1.29 is 14.3 Å². The van der Waals surface area contributed by atoms with E-state index < -0.39 is 5.60 Å². The minimum atomic E-state index is -0.806. The Morgan fingerprint density at radius 2 is 1.52 bits per heavy atom. The SMILES string of the molecule is CCOC(CC(C)C)(CC(C)C)C(=O)Nc1ccc(OCc2ccccc2)cc1. The van der Waals surface area contributed by atoms with Crippen LogP contribution in [0.15, 0.2) is 54.6 Å². The third-order valence-corrected chi connectivity index (χ3v) is 4.67. The van der Waals surface area contributed by atoms with E-state index in [0.717, 1.165) is 17.0 Å². The zero-order valence-electron chi connectivity index (χ0n) is 18.4. The number of hydrogen-bond donors (Lipinski definition) is 1. The van der Waals surface area contributed by atoms with Crippen LogP contribution in [0.25, 0.3) is 0 Å². The molecule has 29 heavy (non-hydrogen) atoms. The molecule has 4 nitrogen and oxygen atoms in total. The van der Waals surface area contributed by atoms with Crippen molar-refractivity contribution in [3.05, 3.63) is 60.2 Å². The van der Waals surface area contributed by atoms with Crippen LogP contribution in [0.1, 0.15) is 53.0 Å². The molecule has 0 spiro atoms. The Kier molecular flexibility index (Phi) is 8.71. The predicted octanol–water partition coefficient (Wildman–Crippen LogP) is 6.07. The molecule has 4 heteroatoms. The van der Waals surface area contributed by atoms with E-state index in [2.05, 4.69) is 33.0 Å². The first-order valence-electron chi connectivity index (χ1n) is 10.6. The fourth-order valence-corrected chi connectivity index (χ4v) is 3.67. The van der Waals surface area contributed by atoms with Gasteiger partial charge in [0, 0.05) is 12.3 Å². The highest BCUT2D eigenvalue weighted by molar-refractivity contribution is 5.97. The molecule has 0 bridgehead atoms. The molecule has 2 aromatic carbocycles. The number of hydrogen-bond acceptors (Lipinski definition) is 3. The van der Waals surface area contributed by atoms with Crippen molar-refractivity contribution in [3.63, 3.8) is 0 Å². The van der Waals surface area contributed by atoms with Gasteiger partial charge >= 0.3 is 0 Å². The highest BCUT2D eigenvalue weighted by Crippen LogP contribution is 2.31. The lowest BCUT2D eigenvalue weighted by Gasteiger charge is -2.35. The second-order valence-electron chi connectivity index (χ2n) is 8.38. The van der Waals surface area contributed by atoms with Crippen molar-refractivity contribution in [2.24, 2.45) is 11.8 Å². The summed E-state index contributed by atoms with van der Waals surface area (Å²) >= 11 is 0. The summed E-state index contributed by atoms with van der Waals surface area (Å²) < 4.78 is 11.9. The first-order valence-corrected chi connectivity index (χ1v) is 10.6. The van der Waals surface area contributed by atoms with Crippen LogP contribution in [0.4, 0.5) is 5.69 Å². The predicted molar refractivity (Wildman–Crippen MR) is 119 cm³/mol. The molecule has 0 radical (unpaired) electrons. The van der Waals surface area contributed by atoms with Crippen molar-refractivity contribution in [1.29, 1.82) is 0 Å². The Hall–Kier alpha value is -2.33. The molecule has 2 aromatic rings. The zero-order chi connectivity index (χ0) is 21.3. The molecule has 0 aliphatic heterocycles. The molecule has 0 saturated heterocycles. The first-order chi connectivity index (χ1) is 13.8. The van der Waals surface area contributed by atoms with Gasteiger partial charge in [-0.1, -0.05) is 58.0 Å². The largest absolute Gasteiger partial charge is 0.489 e. The van der Waals surface area contributed by atoms with Crippen LogP contribution in [0, 0.1) is 11.8 Å². The van der Waals surface area contributed by atoms with Crippen LogP contribution in [0.2, 0.25) is 0 Å². The number of ether oxygens (including phenoxy) is 2. The average molecular weight is 398 g/mol.